The van der Waals surface area contributed by atoms with Gasteiger partial charge in [0, 0.05) is 13.6 Å². The van der Waals surface area contributed by atoms with Crippen LogP contribution in [-0.2, 0) is 11.3 Å². The first kappa shape index (κ1) is 19.4. The standard InChI is InChI=1S/C19H15BrINO3S/c1-2-25-16-8-5-14(20)9-13(16)10-17-18(23)22(19(24)26-17)11-12-3-6-15(21)7-4-12/h3-10H,2,11H2,1H3/b17-10-. The zero-order valence-electron chi connectivity index (χ0n) is 13.9. The number of halogens is 2. The number of hydrogen-bond donors (Lipinski definition) is 0. The van der Waals surface area contributed by atoms with Crippen molar-refractivity contribution < 1.29 is 14.3 Å². The summed E-state index contributed by atoms with van der Waals surface area (Å²) in [6.45, 7) is 2.70. The highest BCUT2D eigenvalue weighted by Crippen LogP contribution is 2.35. The van der Waals surface area contributed by atoms with E-state index in [1.807, 2.05) is 49.4 Å². The van der Waals surface area contributed by atoms with Gasteiger partial charge in [0.1, 0.15) is 5.75 Å². The number of rotatable bonds is 5. The molecule has 1 aliphatic heterocycles. The summed E-state index contributed by atoms with van der Waals surface area (Å²) in [6, 6.07) is 13.4. The lowest BCUT2D eigenvalue weighted by atomic mass is 10.1. The second-order valence-corrected chi connectivity index (χ2v) is 8.66. The average molecular weight is 544 g/mol. The van der Waals surface area contributed by atoms with Gasteiger partial charge in [0.25, 0.3) is 11.1 Å². The highest BCUT2D eigenvalue weighted by Gasteiger charge is 2.35. The van der Waals surface area contributed by atoms with E-state index in [2.05, 4.69) is 38.5 Å². The van der Waals surface area contributed by atoms with Crippen LogP contribution in [0, 0.1) is 3.57 Å². The summed E-state index contributed by atoms with van der Waals surface area (Å²) < 4.78 is 7.60. The van der Waals surface area contributed by atoms with E-state index in [0.29, 0.717) is 17.3 Å². The van der Waals surface area contributed by atoms with E-state index in [0.717, 1.165) is 30.9 Å². The lowest BCUT2D eigenvalue weighted by molar-refractivity contribution is -0.123. The number of benzene rings is 2. The van der Waals surface area contributed by atoms with Crippen LogP contribution in [0.3, 0.4) is 0 Å². The van der Waals surface area contributed by atoms with Crippen molar-refractivity contribution in [3.05, 3.63) is 66.5 Å². The minimum atomic E-state index is -0.277. The number of hydrogen-bond acceptors (Lipinski definition) is 4. The first-order chi connectivity index (χ1) is 12.5. The van der Waals surface area contributed by atoms with Crippen molar-refractivity contribution in [1.29, 1.82) is 0 Å². The second kappa shape index (κ2) is 8.58. The first-order valence-electron chi connectivity index (χ1n) is 7.90. The monoisotopic (exact) mass is 543 g/mol. The quantitative estimate of drug-likeness (QED) is 0.359. The normalized spacial score (nSPS) is 15.8. The molecule has 0 aromatic heterocycles. The van der Waals surface area contributed by atoms with E-state index in [1.54, 1.807) is 6.08 Å². The van der Waals surface area contributed by atoms with Gasteiger partial charge in [0.05, 0.1) is 18.1 Å². The van der Waals surface area contributed by atoms with Crippen molar-refractivity contribution in [2.45, 2.75) is 13.5 Å². The van der Waals surface area contributed by atoms with Gasteiger partial charge in [-0.05, 0) is 83.2 Å². The van der Waals surface area contributed by atoms with E-state index in [1.165, 1.54) is 4.90 Å². The summed E-state index contributed by atoms with van der Waals surface area (Å²) in [5, 5.41) is -0.257. The number of ether oxygens (including phenoxy) is 1. The predicted octanol–water partition coefficient (Wildman–Crippen LogP) is 5.69. The highest BCUT2D eigenvalue weighted by molar-refractivity contribution is 14.1. The molecule has 134 valence electrons. The number of imide groups is 1. The molecule has 26 heavy (non-hydrogen) atoms. The van der Waals surface area contributed by atoms with Crippen molar-refractivity contribution in [3.8, 4) is 5.75 Å². The van der Waals surface area contributed by atoms with Gasteiger partial charge in [-0.2, -0.15) is 0 Å². The molecule has 1 saturated heterocycles. The molecular weight excluding hydrogens is 529 g/mol. The molecule has 0 saturated carbocycles. The summed E-state index contributed by atoms with van der Waals surface area (Å²) in [7, 11) is 0. The van der Waals surface area contributed by atoms with Gasteiger partial charge in [-0.3, -0.25) is 14.5 Å². The molecule has 1 heterocycles. The molecular formula is C19H15BrINO3S. The van der Waals surface area contributed by atoms with Crippen molar-refractivity contribution in [1.82, 2.24) is 4.90 Å². The Morgan fingerprint density at radius 3 is 2.62 bits per heavy atom. The topological polar surface area (TPSA) is 46.6 Å². The Morgan fingerprint density at radius 2 is 1.92 bits per heavy atom. The summed E-state index contributed by atoms with van der Waals surface area (Å²) in [5.41, 5.74) is 1.69. The maximum Gasteiger partial charge on any atom is 0.293 e. The van der Waals surface area contributed by atoms with Crippen molar-refractivity contribution >= 4 is 67.5 Å². The van der Waals surface area contributed by atoms with E-state index in [-0.39, 0.29) is 17.7 Å². The van der Waals surface area contributed by atoms with Gasteiger partial charge >= 0.3 is 0 Å². The first-order valence-corrected chi connectivity index (χ1v) is 10.6. The molecule has 0 radical (unpaired) electrons. The van der Waals surface area contributed by atoms with E-state index in [4.69, 9.17) is 4.74 Å². The van der Waals surface area contributed by atoms with Gasteiger partial charge in [0.15, 0.2) is 0 Å². The second-order valence-electron chi connectivity index (χ2n) is 5.51. The predicted molar refractivity (Wildman–Crippen MR) is 116 cm³/mol. The number of thioether (sulfide) groups is 1. The fourth-order valence-electron chi connectivity index (χ4n) is 2.47. The van der Waals surface area contributed by atoms with Crippen LogP contribution in [0.15, 0.2) is 51.8 Å². The Kier molecular flexibility index (Phi) is 6.42. The third-order valence-corrected chi connectivity index (χ3v) is 5.81. The van der Waals surface area contributed by atoms with Crippen LogP contribution >= 0.6 is 50.3 Å². The number of amides is 2. The van der Waals surface area contributed by atoms with Crippen LogP contribution in [0.5, 0.6) is 5.75 Å². The lowest BCUT2D eigenvalue weighted by Gasteiger charge is -2.12. The van der Waals surface area contributed by atoms with Gasteiger partial charge < -0.3 is 4.74 Å². The Balaban J connectivity index is 1.85. The fraction of sp³-hybridized carbons (Fsp3) is 0.158. The average Bonchev–Trinajstić information content (AvgIpc) is 2.87. The molecule has 4 nitrogen and oxygen atoms in total. The molecule has 1 aliphatic rings. The Morgan fingerprint density at radius 1 is 1.19 bits per heavy atom. The van der Waals surface area contributed by atoms with Crippen LogP contribution in [-0.4, -0.2) is 22.7 Å². The molecule has 0 N–H and O–H groups in total. The molecule has 3 rings (SSSR count). The molecule has 0 aliphatic carbocycles. The van der Waals surface area contributed by atoms with Crippen LogP contribution in [0.4, 0.5) is 4.79 Å². The Hall–Kier alpha value is -1.32. The van der Waals surface area contributed by atoms with Crippen molar-refractivity contribution in [3.63, 3.8) is 0 Å². The van der Waals surface area contributed by atoms with E-state index >= 15 is 0 Å². The molecule has 0 atom stereocenters. The van der Waals surface area contributed by atoms with Crippen LogP contribution in [0.1, 0.15) is 18.1 Å². The van der Waals surface area contributed by atoms with Gasteiger partial charge in [-0.15, -0.1) is 0 Å². The Bertz CT molecular complexity index is 883. The molecule has 1 fully saturated rings. The number of carbonyl (C=O) groups excluding carboxylic acids is 2. The maximum absolute atomic E-state index is 12.7. The van der Waals surface area contributed by atoms with Gasteiger partial charge in [-0.25, -0.2) is 0 Å². The fourth-order valence-corrected chi connectivity index (χ4v) is 4.04. The van der Waals surface area contributed by atoms with E-state index < -0.39 is 0 Å². The number of nitrogens with zero attached hydrogens (tertiary/aromatic N) is 1. The summed E-state index contributed by atoms with van der Waals surface area (Å²) in [4.78, 5) is 26.7. The van der Waals surface area contributed by atoms with Crippen LogP contribution in [0.25, 0.3) is 6.08 Å². The molecule has 0 unspecified atom stereocenters. The van der Waals surface area contributed by atoms with Crippen molar-refractivity contribution in [2.75, 3.05) is 6.61 Å². The minimum Gasteiger partial charge on any atom is -0.493 e. The zero-order valence-corrected chi connectivity index (χ0v) is 18.4. The van der Waals surface area contributed by atoms with Crippen LogP contribution < -0.4 is 4.74 Å². The summed E-state index contributed by atoms with van der Waals surface area (Å²) >= 11 is 6.61. The lowest BCUT2D eigenvalue weighted by Crippen LogP contribution is -2.27. The zero-order chi connectivity index (χ0) is 18.7. The molecule has 2 aromatic rings. The maximum atomic E-state index is 12.7. The third-order valence-electron chi connectivity index (χ3n) is 3.69. The Labute approximate surface area is 178 Å². The van der Waals surface area contributed by atoms with Gasteiger partial charge in [-0.1, -0.05) is 28.1 Å². The largest absolute Gasteiger partial charge is 0.493 e. The van der Waals surface area contributed by atoms with Crippen molar-refractivity contribution in [2.24, 2.45) is 0 Å². The van der Waals surface area contributed by atoms with E-state index in [9.17, 15) is 9.59 Å². The highest BCUT2D eigenvalue weighted by atomic mass is 127. The molecule has 2 amide bonds. The molecule has 7 heteroatoms. The summed E-state index contributed by atoms with van der Waals surface area (Å²) in [5.74, 6) is 0.404. The molecule has 0 spiro atoms. The molecule has 2 aromatic carbocycles. The third kappa shape index (κ3) is 4.50. The minimum absolute atomic E-state index is 0.257. The summed E-state index contributed by atoms with van der Waals surface area (Å²) in [6.07, 6.45) is 1.72. The smallest absolute Gasteiger partial charge is 0.293 e. The van der Waals surface area contributed by atoms with Gasteiger partial charge in [0.2, 0.25) is 0 Å². The number of carbonyl (C=O) groups is 2. The SMILES string of the molecule is CCOc1ccc(Br)cc1/C=C1\SC(=O)N(Cc2ccc(I)cc2)C1=O. The molecule has 0 bridgehead atoms. The van der Waals surface area contributed by atoms with Crippen LogP contribution in [0.2, 0.25) is 0 Å².